The monoisotopic (exact) mass is 300 g/mol. The normalized spacial score (nSPS) is 12.1. The lowest BCUT2D eigenvalue weighted by molar-refractivity contribution is 0.229. The van der Waals surface area contributed by atoms with Crippen molar-refractivity contribution < 1.29 is 13.2 Å². The van der Waals surface area contributed by atoms with Gasteiger partial charge in [0.15, 0.2) is 9.84 Å². The quantitative estimate of drug-likeness (QED) is 0.741. The Balaban J connectivity index is 2.50. The molecule has 0 aliphatic rings. The van der Waals surface area contributed by atoms with Crippen LogP contribution in [0.5, 0.6) is 5.88 Å². The molecule has 1 aromatic heterocycles. The second-order valence-corrected chi connectivity index (χ2v) is 7.90. The smallest absolute Gasteiger partial charge is 0.218 e. The summed E-state index contributed by atoms with van der Waals surface area (Å²) in [6.45, 7) is 8.26. The van der Waals surface area contributed by atoms with Crippen LogP contribution >= 0.6 is 0 Å². The Morgan fingerprint density at radius 3 is 2.60 bits per heavy atom. The summed E-state index contributed by atoms with van der Waals surface area (Å²) in [4.78, 5) is 4.19. The van der Waals surface area contributed by atoms with Gasteiger partial charge < -0.3 is 10.1 Å². The maximum atomic E-state index is 11.7. The topological polar surface area (TPSA) is 68.3 Å². The van der Waals surface area contributed by atoms with Gasteiger partial charge in [-0.3, -0.25) is 0 Å². The van der Waals surface area contributed by atoms with Crippen molar-refractivity contribution in [1.82, 2.24) is 10.3 Å². The molecule has 0 bridgehead atoms. The summed E-state index contributed by atoms with van der Waals surface area (Å²) < 4.78 is 29.0. The lowest BCUT2D eigenvalue weighted by Gasteiger charge is -2.13. The Morgan fingerprint density at radius 1 is 1.30 bits per heavy atom. The van der Waals surface area contributed by atoms with Gasteiger partial charge in [-0.05, 0) is 33.8 Å². The van der Waals surface area contributed by atoms with Crippen LogP contribution < -0.4 is 10.1 Å². The van der Waals surface area contributed by atoms with Crippen LogP contribution in [0.15, 0.2) is 18.3 Å². The molecule has 0 spiro atoms. The molecule has 1 heterocycles. The van der Waals surface area contributed by atoms with Gasteiger partial charge in [-0.2, -0.15) is 0 Å². The van der Waals surface area contributed by atoms with E-state index in [1.54, 1.807) is 20.0 Å². The van der Waals surface area contributed by atoms with Crippen molar-refractivity contribution in [3.8, 4) is 5.88 Å². The Morgan fingerprint density at radius 2 is 2.00 bits per heavy atom. The molecule has 0 aliphatic carbocycles. The van der Waals surface area contributed by atoms with E-state index in [0.29, 0.717) is 19.0 Å². The summed E-state index contributed by atoms with van der Waals surface area (Å²) in [6.07, 6.45) is 1.75. The number of nitrogens with one attached hydrogen (secondary N) is 1. The van der Waals surface area contributed by atoms with Gasteiger partial charge in [-0.1, -0.05) is 6.07 Å². The van der Waals surface area contributed by atoms with E-state index in [2.05, 4.69) is 10.3 Å². The highest BCUT2D eigenvalue weighted by atomic mass is 32.2. The SMILES string of the molecule is CC(C)Oc1ncccc1CNCCS(=O)(=O)C(C)C. The standard InChI is InChI=1S/C14H24N2O3S/c1-11(2)19-14-13(6-5-7-16-14)10-15-8-9-20(17,18)12(3)4/h5-7,11-12,15H,8-10H2,1-4H3. The molecule has 5 nitrogen and oxygen atoms in total. The summed E-state index contributed by atoms with van der Waals surface area (Å²) >= 11 is 0. The fourth-order valence-electron chi connectivity index (χ4n) is 1.56. The number of nitrogens with zero attached hydrogens (tertiary/aromatic N) is 1. The maximum Gasteiger partial charge on any atom is 0.218 e. The van der Waals surface area contributed by atoms with Crippen molar-refractivity contribution in [3.05, 3.63) is 23.9 Å². The summed E-state index contributed by atoms with van der Waals surface area (Å²) in [5.74, 6) is 0.743. The number of aromatic nitrogens is 1. The summed E-state index contributed by atoms with van der Waals surface area (Å²) in [7, 11) is -2.99. The minimum atomic E-state index is -2.99. The summed E-state index contributed by atoms with van der Waals surface area (Å²) in [6, 6.07) is 3.77. The molecule has 0 fully saturated rings. The first-order valence-corrected chi connectivity index (χ1v) is 8.57. The molecule has 0 radical (unpaired) electrons. The van der Waals surface area contributed by atoms with E-state index in [0.717, 1.165) is 5.56 Å². The Bertz CT molecular complexity index is 513. The van der Waals surface area contributed by atoms with Crippen LogP contribution in [-0.4, -0.2) is 37.1 Å². The van der Waals surface area contributed by atoms with E-state index in [9.17, 15) is 8.42 Å². The highest BCUT2D eigenvalue weighted by Crippen LogP contribution is 2.15. The first-order chi connectivity index (χ1) is 9.33. The number of sulfone groups is 1. The van der Waals surface area contributed by atoms with Gasteiger partial charge in [0.2, 0.25) is 5.88 Å². The highest BCUT2D eigenvalue weighted by molar-refractivity contribution is 7.92. The zero-order valence-electron chi connectivity index (χ0n) is 12.6. The van der Waals surface area contributed by atoms with E-state index < -0.39 is 9.84 Å². The first kappa shape index (κ1) is 16.9. The van der Waals surface area contributed by atoms with Crippen molar-refractivity contribution >= 4 is 9.84 Å². The van der Waals surface area contributed by atoms with E-state index in [1.165, 1.54) is 0 Å². The van der Waals surface area contributed by atoms with Crippen molar-refractivity contribution in [3.63, 3.8) is 0 Å². The molecule has 0 saturated carbocycles. The third kappa shape index (κ3) is 5.46. The molecule has 0 amide bonds. The molecule has 1 rings (SSSR count). The largest absolute Gasteiger partial charge is 0.475 e. The van der Waals surface area contributed by atoms with Gasteiger partial charge in [0.1, 0.15) is 0 Å². The molecular formula is C14H24N2O3S. The Hall–Kier alpha value is -1.14. The number of rotatable bonds is 8. The zero-order valence-corrected chi connectivity index (χ0v) is 13.4. The number of pyridine rings is 1. The summed E-state index contributed by atoms with van der Waals surface area (Å²) in [5, 5.41) is 2.80. The van der Waals surface area contributed by atoms with Crippen LogP contribution in [0.3, 0.4) is 0 Å². The number of hydrogen-bond donors (Lipinski definition) is 1. The van der Waals surface area contributed by atoms with E-state index in [4.69, 9.17) is 4.74 Å². The molecule has 1 aromatic rings. The van der Waals surface area contributed by atoms with Crippen LogP contribution in [0.4, 0.5) is 0 Å². The molecule has 0 aromatic carbocycles. The molecule has 114 valence electrons. The van der Waals surface area contributed by atoms with Gasteiger partial charge in [-0.15, -0.1) is 0 Å². The molecule has 1 N–H and O–H groups in total. The van der Waals surface area contributed by atoms with Crippen LogP contribution in [0.25, 0.3) is 0 Å². The van der Waals surface area contributed by atoms with Crippen molar-refractivity contribution in [2.75, 3.05) is 12.3 Å². The van der Waals surface area contributed by atoms with Gasteiger partial charge in [0.05, 0.1) is 17.1 Å². The first-order valence-electron chi connectivity index (χ1n) is 6.85. The maximum absolute atomic E-state index is 11.7. The third-order valence-electron chi connectivity index (χ3n) is 2.79. The fraction of sp³-hybridized carbons (Fsp3) is 0.643. The minimum absolute atomic E-state index is 0.0602. The minimum Gasteiger partial charge on any atom is -0.475 e. The van der Waals surface area contributed by atoms with Crippen LogP contribution in [0.1, 0.15) is 33.3 Å². The Kier molecular flexibility index (Phi) is 6.42. The second kappa shape index (κ2) is 7.59. The van der Waals surface area contributed by atoms with Crippen molar-refractivity contribution in [2.24, 2.45) is 0 Å². The average Bonchev–Trinajstić information content (AvgIpc) is 2.35. The second-order valence-electron chi connectivity index (χ2n) is 5.23. The predicted molar refractivity (Wildman–Crippen MR) is 80.6 cm³/mol. The van der Waals surface area contributed by atoms with Crippen LogP contribution in [0, 0.1) is 0 Å². The van der Waals surface area contributed by atoms with Crippen molar-refractivity contribution in [2.45, 2.75) is 45.6 Å². The van der Waals surface area contributed by atoms with E-state index >= 15 is 0 Å². The van der Waals surface area contributed by atoms with Crippen LogP contribution in [-0.2, 0) is 16.4 Å². The molecule has 0 unspecified atom stereocenters. The summed E-state index contributed by atoms with van der Waals surface area (Å²) in [5.41, 5.74) is 0.933. The van der Waals surface area contributed by atoms with Crippen LogP contribution in [0.2, 0.25) is 0 Å². The van der Waals surface area contributed by atoms with Gasteiger partial charge >= 0.3 is 0 Å². The predicted octanol–water partition coefficient (Wildman–Crippen LogP) is 1.78. The number of ether oxygens (including phenoxy) is 1. The molecule has 0 atom stereocenters. The third-order valence-corrected chi connectivity index (χ3v) is 5.00. The zero-order chi connectivity index (χ0) is 15.2. The molecule has 0 aliphatic heterocycles. The van der Waals surface area contributed by atoms with E-state index in [1.807, 2.05) is 26.0 Å². The van der Waals surface area contributed by atoms with E-state index in [-0.39, 0.29) is 17.1 Å². The lowest BCUT2D eigenvalue weighted by Crippen LogP contribution is -2.27. The molecule has 0 saturated heterocycles. The number of hydrogen-bond acceptors (Lipinski definition) is 5. The Labute approximate surface area is 121 Å². The lowest BCUT2D eigenvalue weighted by atomic mass is 10.2. The highest BCUT2D eigenvalue weighted by Gasteiger charge is 2.15. The van der Waals surface area contributed by atoms with Gasteiger partial charge in [0, 0.05) is 24.8 Å². The fourth-order valence-corrected chi connectivity index (χ4v) is 2.46. The molecule has 6 heteroatoms. The van der Waals surface area contributed by atoms with Crippen molar-refractivity contribution in [1.29, 1.82) is 0 Å². The van der Waals surface area contributed by atoms with Gasteiger partial charge in [0.25, 0.3) is 0 Å². The van der Waals surface area contributed by atoms with Gasteiger partial charge in [-0.25, -0.2) is 13.4 Å². The molecule has 20 heavy (non-hydrogen) atoms. The molecular weight excluding hydrogens is 276 g/mol. The average molecular weight is 300 g/mol.